The molecule has 8 heteroatoms. The van der Waals surface area contributed by atoms with Gasteiger partial charge < -0.3 is 20.3 Å². The van der Waals surface area contributed by atoms with E-state index in [9.17, 15) is 19.2 Å². The van der Waals surface area contributed by atoms with Gasteiger partial charge in [0, 0.05) is 20.0 Å². The predicted octanol–water partition coefficient (Wildman–Crippen LogP) is 1.62. The number of ether oxygens (including phenoxy) is 1. The van der Waals surface area contributed by atoms with E-state index < -0.39 is 29.7 Å². The van der Waals surface area contributed by atoms with Gasteiger partial charge in [-0.2, -0.15) is 0 Å². The number of nitrogens with zero attached hydrogens (tertiary/aromatic N) is 1. The number of amides is 3. The fourth-order valence-corrected chi connectivity index (χ4v) is 3.33. The fraction of sp³-hybridized carbons (Fsp3) is 0.250. The number of benzene rings is 2. The summed E-state index contributed by atoms with van der Waals surface area (Å²) in [6.45, 7) is 1.83. The van der Waals surface area contributed by atoms with Crippen LogP contribution in [0.2, 0.25) is 0 Å². The van der Waals surface area contributed by atoms with Gasteiger partial charge in [0.05, 0.1) is 6.42 Å². The first-order valence-corrected chi connectivity index (χ1v) is 10.3. The van der Waals surface area contributed by atoms with Gasteiger partial charge >= 0.3 is 5.97 Å². The van der Waals surface area contributed by atoms with Gasteiger partial charge in [0.25, 0.3) is 5.91 Å². The molecule has 0 radical (unpaired) electrons. The molecule has 0 aliphatic carbocycles. The lowest BCUT2D eigenvalue weighted by Gasteiger charge is -2.35. The Hall–Kier alpha value is -3.94. The minimum Gasteiger partial charge on any atom is -0.461 e. The van der Waals surface area contributed by atoms with Crippen molar-refractivity contribution >= 4 is 29.8 Å². The number of hydrogen-bond acceptors (Lipinski definition) is 5. The molecule has 1 fully saturated rings. The Kier molecular flexibility index (Phi) is 7.75. The van der Waals surface area contributed by atoms with Gasteiger partial charge in [-0.25, -0.2) is 0 Å². The molecule has 3 rings (SSSR count). The molecule has 1 heterocycles. The Morgan fingerprint density at radius 2 is 1.75 bits per heavy atom. The molecule has 2 aromatic rings. The van der Waals surface area contributed by atoms with Gasteiger partial charge in [0.15, 0.2) is 0 Å². The number of piperazine rings is 1. The van der Waals surface area contributed by atoms with Crippen molar-refractivity contribution in [1.29, 1.82) is 0 Å². The molecule has 1 saturated heterocycles. The maximum Gasteiger partial charge on any atom is 0.308 e. The van der Waals surface area contributed by atoms with Crippen molar-refractivity contribution in [3.05, 3.63) is 77.5 Å². The minimum absolute atomic E-state index is 0.0288. The molecule has 8 nitrogen and oxygen atoms in total. The van der Waals surface area contributed by atoms with Gasteiger partial charge in [0.1, 0.15) is 18.3 Å². The van der Waals surface area contributed by atoms with E-state index >= 15 is 0 Å². The standard InChI is InChI=1S/C24H25N3O5/c1-17(28)26-20(14-18-8-4-2-5-9-18)24(31)27-13-12-25-23(30)21(27)15-22(29)32-16-19-10-6-3-7-11-19/h2-11,14,21H,12-13,15-16H2,1H3,(H,25,30)(H,26,28)/b20-14-/t21-/m1/s1. The van der Waals surface area contributed by atoms with Crippen LogP contribution in [0.3, 0.4) is 0 Å². The van der Waals surface area contributed by atoms with Crippen molar-refractivity contribution < 1.29 is 23.9 Å². The molecule has 2 N–H and O–H groups in total. The normalized spacial score (nSPS) is 16.2. The van der Waals surface area contributed by atoms with Crippen molar-refractivity contribution in [3.63, 3.8) is 0 Å². The van der Waals surface area contributed by atoms with E-state index in [0.29, 0.717) is 5.56 Å². The van der Waals surface area contributed by atoms with Crippen LogP contribution >= 0.6 is 0 Å². The maximum atomic E-state index is 13.3. The van der Waals surface area contributed by atoms with Gasteiger partial charge in [-0.3, -0.25) is 19.2 Å². The van der Waals surface area contributed by atoms with Gasteiger partial charge in [-0.1, -0.05) is 60.7 Å². The molecule has 2 aromatic carbocycles. The molecule has 32 heavy (non-hydrogen) atoms. The second-order valence-corrected chi connectivity index (χ2v) is 7.31. The number of carbonyl (C=O) groups excluding carboxylic acids is 4. The average molecular weight is 435 g/mol. The van der Waals surface area contributed by atoms with E-state index in [-0.39, 0.29) is 31.8 Å². The van der Waals surface area contributed by atoms with Gasteiger partial charge in [-0.05, 0) is 17.2 Å². The van der Waals surface area contributed by atoms with Crippen molar-refractivity contribution in [2.24, 2.45) is 0 Å². The summed E-state index contributed by atoms with van der Waals surface area (Å²) in [5.74, 6) is -1.99. The second kappa shape index (κ2) is 10.9. The van der Waals surface area contributed by atoms with E-state index in [0.717, 1.165) is 5.56 Å². The van der Waals surface area contributed by atoms with E-state index in [1.165, 1.54) is 11.8 Å². The number of rotatable bonds is 7. The van der Waals surface area contributed by atoms with E-state index in [4.69, 9.17) is 4.74 Å². The van der Waals surface area contributed by atoms with Crippen molar-refractivity contribution in [1.82, 2.24) is 15.5 Å². The SMILES string of the molecule is CC(=O)N/C(=C\c1ccccc1)C(=O)N1CCNC(=O)[C@H]1CC(=O)OCc1ccccc1. The van der Waals surface area contributed by atoms with Gasteiger partial charge in [-0.15, -0.1) is 0 Å². The van der Waals surface area contributed by atoms with Crippen LogP contribution < -0.4 is 10.6 Å². The Balaban J connectivity index is 1.75. The summed E-state index contributed by atoms with van der Waals surface area (Å²) in [5, 5.41) is 5.22. The number of carbonyl (C=O) groups is 4. The summed E-state index contributed by atoms with van der Waals surface area (Å²) in [5.41, 5.74) is 1.56. The molecule has 3 amide bonds. The third kappa shape index (κ3) is 6.28. The first kappa shape index (κ1) is 22.7. The summed E-state index contributed by atoms with van der Waals surface area (Å²) in [6.07, 6.45) is 1.25. The number of hydrogen-bond donors (Lipinski definition) is 2. The summed E-state index contributed by atoms with van der Waals surface area (Å²) >= 11 is 0. The Morgan fingerprint density at radius 3 is 2.41 bits per heavy atom. The monoisotopic (exact) mass is 435 g/mol. The average Bonchev–Trinajstić information content (AvgIpc) is 2.79. The zero-order chi connectivity index (χ0) is 22.9. The third-order valence-corrected chi connectivity index (χ3v) is 4.85. The first-order chi connectivity index (χ1) is 15.4. The van der Waals surface area contributed by atoms with Crippen LogP contribution in [0.1, 0.15) is 24.5 Å². The third-order valence-electron chi connectivity index (χ3n) is 4.85. The highest BCUT2D eigenvalue weighted by atomic mass is 16.5. The molecule has 1 aliphatic rings. The van der Waals surface area contributed by atoms with Crippen molar-refractivity contribution in [2.45, 2.75) is 26.0 Å². The summed E-state index contributed by atoms with van der Waals surface area (Å²) in [6, 6.07) is 17.2. The molecule has 0 aromatic heterocycles. The maximum absolute atomic E-state index is 13.3. The predicted molar refractivity (Wildman–Crippen MR) is 118 cm³/mol. The van der Waals surface area contributed by atoms with Crippen molar-refractivity contribution in [3.8, 4) is 0 Å². The number of nitrogens with one attached hydrogen (secondary N) is 2. The summed E-state index contributed by atoms with van der Waals surface area (Å²) < 4.78 is 5.29. The zero-order valence-corrected chi connectivity index (χ0v) is 17.7. The Morgan fingerprint density at radius 1 is 1.09 bits per heavy atom. The lowest BCUT2D eigenvalue weighted by Crippen LogP contribution is -2.58. The van der Waals surface area contributed by atoms with E-state index in [1.54, 1.807) is 18.2 Å². The largest absolute Gasteiger partial charge is 0.461 e. The zero-order valence-electron chi connectivity index (χ0n) is 17.7. The highest BCUT2D eigenvalue weighted by Crippen LogP contribution is 2.16. The van der Waals surface area contributed by atoms with Crippen LogP contribution in [0, 0.1) is 0 Å². The Bertz CT molecular complexity index is 1000. The second-order valence-electron chi connectivity index (χ2n) is 7.31. The highest BCUT2D eigenvalue weighted by molar-refractivity contribution is 6.03. The highest BCUT2D eigenvalue weighted by Gasteiger charge is 2.36. The topological polar surface area (TPSA) is 105 Å². The smallest absolute Gasteiger partial charge is 0.308 e. The fourth-order valence-electron chi connectivity index (χ4n) is 3.33. The van der Waals surface area contributed by atoms with Crippen LogP contribution in [0.4, 0.5) is 0 Å². The lowest BCUT2D eigenvalue weighted by atomic mass is 10.1. The van der Waals surface area contributed by atoms with Crippen LogP contribution in [0.15, 0.2) is 66.4 Å². The van der Waals surface area contributed by atoms with Crippen LogP contribution in [0.5, 0.6) is 0 Å². The first-order valence-electron chi connectivity index (χ1n) is 10.3. The van der Waals surface area contributed by atoms with Crippen LogP contribution in [-0.2, 0) is 30.5 Å². The quantitative estimate of drug-likeness (QED) is 0.508. The van der Waals surface area contributed by atoms with Crippen LogP contribution in [0.25, 0.3) is 6.08 Å². The lowest BCUT2D eigenvalue weighted by molar-refractivity contribution is -0.152. The summed E-state index contributed by atoms with van der Waals surface area (Å²) in [4.78, 5) is 51.2. The molecule has 1 atom stereocenters. The van der Waals surface area contributed by atoms with E-state index in [1.807, 2.05) is 48.5 Å². The van der Waals surface area contributed by atoms with Crippen LogP contribution in [-0.4, -0.2) is 47.7 Å². The molecule has 0 unspecified atom stereocenters. The number of esters is 1. The minimum atomic E-state index is -1.03. The molecule has 0 bridgehead atoms. The van der Waals surface area contributed by atoms with Crippen molar-refractivity contribution in [2.75, 3.05) is 13.1 Å². The molecule has 166 valence electrons. The molecular formula is C24H25N3O5. The molecule has 1 aliphatic heterocycles. The van der Waals surface area contributed by atoms with Gasteiger partial charge in [0.2, 0.25) is 11.8 Å². The Labute approximate surface area is 186 Å². The van der Waals surface area contributed by atoms with E-state index in [2.05, 4.69) is 10.6 Å². The molecular weight excluding hydrogens is 410 g/mol. The molecule has 0 spiro atoms. The molecule has 0 saturated carbocycles. The summed E-state index contributed by atoms with van der Waals surface area (Å²) in [7, 11) is 0.